The number of carbonyl (C=O) groups is 3. The number of halogens is 3. The average Bonchev–Trinajstić information content (AvgIpc) is 3.12. The summed E-state index contributed by atoms with van der Waals surface area (Å²) in [6.45, 7) is 6.05. The molecule has 1 aromatic rings. The fraction of sp³-hybridized carbons (Fsp3) is 0.625. The van der Waals surface area contributed by atoms with Gasteiger partial charge in [0, 0.05) is 30.2 Å². The smallest absolute Gasteiger partial charge is 0.416 e. The van der Waals surface area contributed by atoms with Crippen LogP contribution in [0, 0.1) is 5.41 Å². The molecule has 0 radical (unpaired) electrons. The lowest BCUT2D eigenvalue weighted by Gasteiger charge is -2.48. The minimum atomic E-state index is -4.58. The number of alkyl halides is 3. The van der Waals surface area contributed by atoms with E-state index in [1.807, 2.05) is 20.9 Å². The highest BCUT2D eigenvalue weighted by Crippen LogP contribution is 2.42. The molecule has 1 aliphatic carbocycles. The molecule has 1 saturated heterocycles. The monoisotopic (exact) mass is 483 g/mol. The van der Waals surface area contributed by atoms with E-state index < -0.39 is 47.0 Å². The number of nitrogens with zero attached hydrogens (tertiary/aromatic N) is 2. The fourth-order valence-electron chi connectivity index (χ4n) is 5.12. The van der Waals surface area contributed by atoms with Crippen LogP contribution in [0.25, 0.3) is 0 Å². The van der Waals surface area contributed by atoms with E-state index in [1.165, 1.54) is 11.0 Å². The van der Waals surface area contributed by atoms with Gasteiger partial charge in [0.05, 0.1) is 11.0 Å². The van der Waals surface area contributed by atoms with Crippen LogP contribution in [0.4, 0.5) is 13.2 Å². The molecule has 7 nitrogen and oxygen atoms in total. The second-order valence-electron chi connectivity index (χ2n) is 9.86. The van der Waals surface area contributed by atoms with Gasteiger partial charge in [0.2, 0.25) is 5.91 Å². The molecule has 0 bridgehead atoms. The van der Waals surface area contributed by atoms with Gasteiger partial charge in [0.15, 0.2) is 0 Å². The van der Waals surface area contributed by atoms with Crippen molar-refractivity contribution in [1.82, 2.24) is 15.1 Å². The number of hydrogen-bond donors (Lipinski definition) is 2. The largest absolute Gasteiger partial charge is 0.481 e. The van der Waals surface area contributed by atoms with Gasteiger partial charge in [-0.1, -0.05) is 6.07 Å². The van der Waals surface area contributed by atoms with Crippen molar-refractivity contribution in [2.24, 2.45) is 5.41 Å². The van der Waals surface area contributed by atoms with E-state index in [0.717, 1.165) is 24.6 Å². The third kappa shape index (κ3) is 5.06. The van der Waals surface area contributed by atoms with Gasteiger partial charge in [-0.2, -0.15) is 13.2 Å². The lowest BCUT2D eigenvalue weighted by molar-refractivity contribution is -0.159. The highest BCUT2D eigenvalue weighted by molar-refractivity contribution is 5.98. The van der Waals surface area contributed by atoms with Gasteiger partial charge in [-0.15, -0.1) is 0 Å². The van der Waals surface area contributed by atoms with Crippen LogP contribution >= 0.6 is 0 Å². The Morgan fingerprint density at radius 2 is 1.91 bits per heavy atom. The quantitative estimate of drug-likeness (QED) is 0.648. The molecule has 2 fully saturated rings. The SMILES string of the molecule is CC(C)N(C)[C@@H]1CC[C@H](N2CCC(NC(=O)c3cccc(C(F)(F)F)c3)C2=O)C(C)(C(=O)O)C1. The minimum Gasteiger partial charge on any atom is -0.481 e. The highest BCUT2D eigenvalue weighted by Gasteiger charge is 2.52. The standard InChI is InChI=1S/C24H32F3N3O4/c1-14(2)29(4)17-8-9-19(23(3,13-17)22(33)34)30-11-10-18(21(30)32)28-20(31)15-6-5-7-16(12-15)24(25,26)27/h5-7,12,14,17-19H,8-11,13H2,1-4H3,(H,28,31)(H,33,34)/t17-,18?,19+,23?/m1/s1. The molecule has 1 saturated carbocycles. The Balaban J connectivity index is 1.73. The Bertz CT molecular complexity index is 952. The molecular weight excluding hydrogens is 451 g/mol. The summed E-state index contributed by atoms with van der Waals surface area (Å²) in [5, 5.41) is 12.6. The molecule has 10 heteroatoms. The number of likely N-dealkylation sites (tertiary alicyclic amines) is 1. The highest BCUT2D eigenvalue weighted by atomic mass is 19.4. The molecule has 2 amide bonds. The number of carboxylic acid groups (broad SMARTS) is 1. The van der Waals surface area contributed by atoms with Crippen molar-refractivity contribution in [1.29, 1.82) is 0 Å². The predicted molar refractivity (Wildman–Crippen MR) is 119 cm³/mol. The third-order valence-electron chi connectivity index (χ3n) is 7.42. The summed E-state index contributed by atoms with van der Waals surface area (Å²) in [7, 11) is 1.97. The van der Waals surface area contributed by atoms with E-state index in [1.54, 1.807) is 6.92 Å². The summed E-state index contributed by atoms with van der Waals surface area (Å²) in [5.74, 6) is -2.13. The Hall–Kier alpha value is -2.62. The summed E-state index contributed by atoms with van der Waals surface area (Å²) < 4.78 is 38.9. The Morgan fingerprint density at radius 3 is 2.50 bits per heavy atom. The number of aliphatic carboxylic acids is 1. The summed E-state index contributed by atoms with van der Waals surface area (Å²) in [4.78, 5) is 41.8. The molecule has 2 N–H and O–H groups in total. The minimum absolute atomic E-state index is 0.0754. The summed E-state index contributed by atoms with van der Waals surface area (Å²) in [6.07, 6.45) is -2.66. The average molecular weight is 484 g/mol. The number of carbonyl (C=O) groups excluding carboxylic acids is 2. The molecule has 1 heterocycles. The molecule has 1 aliphatic heterocycles. The van der Waals surface area contributed by atoms with Crippen LogP contribution in [0.5, 0.6) is 0 Å². The Labute approximate surface area is 197 Å². The van der Waals surface area contributed by atoms with Crippen molar-refractivity contribution in [3.05, 3.63) is 35.4 Å². The zero-order valence-electron chi connectivity index (χ0n) is 19.9. The Morgan fingerprint density at radius 1 is 1.24 bits per heavy atom. The topological polar surface area (TPSA) is 90.0 Å². The van der Waals surface area contributed by atoms with Crippen LogP contribution in [0.2, 0.25) is 0 Å². The molecule has 3 rings (SSSR count). The van der Waals surface area contributed by atoms with Crippen molar-refractivity contribution in [3.63, 3.8) is 0 Å². The van der Waals surface area contributed by atoms with E-state index in [0.29, 0.717) is 12.8 Å². The second-order valence-corrected chi connectivity index (χ2v) is 9.86. The number of amides is 2. The first kappa shape index (κ1) is 26.0. The van der Waals surface area contributed by atoms with E-state index in [2.05, 4.69) is 10.2 Å². The van der Waals surface area contributed by atoms with E-state index >= 15 is 0 Å². The van der Waals surface area contributed by atoms with Crippen molar-refractivity contribution in [3.8, 4) is 0 Å². The molecule has 1 aromatic carbocycles. The van der Waals surface area contributed by atoms with Gasteiger partial charge >= 0.3 is 12.1 Å². The lowest BCUT2D eigenvalue weighted by Crippen LogP contribution is -2.58. The number of rotatable bonds is 6. The fourth-order valence-corrected chi connectivity index (χ4v) is 5.12. The third-order valence-corrected chi connectivity index (χ3v) is 7.42. The van der Waals surface area contributed by atoms with Gasteiger partial charge in [-0.3, -0.25) is 14.4 Å². The van der Waals surface area contributed by atoms with Gasteiger partial charge in [0.25, 0.3) is 5.91 Å². The van der Waals surface area contributed by atoms with Crippen molar-refractivity contribution < 1.29 is 32.7 Å². The zero-order valence-corrected chi connectivity index (χ0v) is 19.9. The molecular formula is C24H32F3N3O4. The van der Waals surface area contributed by atoms with Crippen molar-refractivity contribution in [2.75, 3.05) is 13.6 Å². The van der Waals surface area contributed by atoms with Gasteiger partial charge in [0.1, 0.15) is 6.04 Å². The zero-order chi connectivity index (χ0) is 25.4. The first-order valence-electron chi connectivity index (χ1n) is 11.5. The number of benzene rings is 1. The summed E-state index contributed by atoms with van der Waals surface area (Å²) in [5.41, 5.74) is -2.28. The normalized spacial score (nSPS) is 28.0. The number of nitrogens with one attached hydrogen (secondary N) is 1. The van der Waals surface area contributed by atoms with Crippen LogP contribution in [0.3, 0.4) is 0 Å². The maximum Gasteiger partial charge on any atom is 0.416 e. The molecule has 34 heavy (non-hydrogen) atoms. The Kier molecular flexibility index (Phi) is 7.31. The van der Waals surface area contributed by atoms with Gasteiger partial charge in [-0.05, 0) is 71.7 Å². The summed E-state index contributed by atoms with van der Waals surface area (Å²) in [6, 6.07) is 2.93. The van der Waals surface area contributed by atoms with Gasteiger partial charge in [-0.25, -0.2) is 0 Å². The number of carboxylic acids is 1. The predicted octanol–water partition coefficient (Wildman–Crippen LogP) is 3.39. The second kappa shape index (κ2) is 9.56. The molecule has 4 atom stereocenters. The maximum atomic E-state index is 13.2. The maximum absolute atomic E-state index is 13.2. The molecule has 0 aromatic heterocycles. The first-order valence-corrected chi connectivity index (χ1v) is 11.5. The van der Waals surface area contributed by atoms with E-state index in [4.69, 9.17) is 0 Å². The summed E-state index contributed by atoms with van der Waals surface area (Å²) >= 11 is 0. The van der Waals surface area contributed by atoms with Crippen molar-refractivity contribution >= 4 is 17.8 Å². The van der Waals surface area contributed by atoms with Crippen molar-refractivity contribution in [2.45, 2.75) is 76.8 Å². The van der Waals surface area contributed by atoms with Crippen LogP contribution in [-0.4, -0.2) is 70.4 Å². The van der Waals surface area contributed by atoms with Crippen LogP contribution in [0.1, 0.15) is 62.4 Å². The molecule has 188 valence electrons. The van der Waals surface area contributed by atoms with E-state index in [9.17, 15) is 32.7 Å². The number of hydrogen-bond acceptors (Lipinski definition) is 4. The molecule has 2 aliphatic rings. The van der Waals surface area contributed by atoms with Gasteiger partial charge < -0.3 is 20.2 Å². The molecule has 2 unspecified atom stereocenters. The van der Waals surface area contributed by atoms with Crippen LogP contribution in [0.15, 0.2) is 24.3 Å². The van der Waals surface area contributed by atoms with Crippen LogP contribution in [-0.2, 0) is 15.8 Å². The molecule has 0 spiro atoms. The first-order chi connectivity index (χ1) is 15.8. The lowest BCUT2D eigenvalue weighted by atomic mass is 9.68. The van der Waals surface area contributed by atoms with Crippen LogP contribution < -0.4 is 5.32 Å². The van der Waals surface area contributed by atoms with E-state index in [-0.39, 0.29) is 30.6 Å².